The number of imide groups is 1. The Balaban J connectivity index is 0.851. The highest BCUT2D eigenvalue weighted by atomic mass is 16.5. The number of ether oxygens (including phenoxy) is 2. The van der Waals surface area contributed by atoms with Gasteiger partial charge in [-0.25, -0.2) is 4.98 Å². The standard InChI is InChI=1S/C43H52N8O6/c1-48-26-34(31-9-15-44-24-33(31)42(48)55)32-22-37(56-2)28(21-38(32)57-3)25-49-17-10-29(11-18-49)50-19-13-43(14-20-50)12-4-16-51(27-43)30-5-6-35(45-23-30)40(53)46-36-7-8-39(52)47-41(36)54/h5-6,9,15,21-24,26,29,36H,4,7-8,10-14,16-20,25,27H2,1-3H3,(H,46,53)(H,47,52,54). The summed E-state index contributed by atoms with van der Waals surface area (Å²) in [4.78, 5) is 65.5. The maximum atomic E-state index is 12.8. The topological polar surface area (TPSA) is 151 Å². The summed E-state index contributed by atoms with van der Waals surface area (Å²) in [6.45, 7) is 6.97. The highest BCUT2D eigenvalue weighted by Gasteiger charge is 2.40. The number of aromatic nitrogens is 3. The van der Waals surface area contributed by atoms with Crippen molar-refractivity contribution in [1.82, 2.24) is 35.0 Å². The van der Waals surface area contributed by atoms with Gasteiger partial charge in [0.05, 0.1) is 31.5 Å². The van der Waals surface area contributed by atoms with Crippen LogP contribution in [0.5, 0.6) is 11.5 Å². The van der Waals surface area contributed by atoms with Crippen molar-refractivity contribution < 1.29 is 23.9 Å². The Labute approximate surface area is 332 Å². The molecule has 0 bridgehead atoms. The average molecular weight is 777 g/mol. The lowest BCUT2D eigenvalue weighted by molar-refractivity contribution is -0.134. The van der Waals surface area contributed by atoms with Crippen LogP contribution in [0.3, 0.4) is 0 Å². The third-order valence-electron chi connectivity index (χ3n) is 12.8. The number of hydrogen-bond donors (Lipinski definition) is 2. The number of nitrogens with zero attached hydrogens (tertiary/aromatic N) is 6. The Hall–Kier alpha value is -5.34. The van der Waals surface area contributed by atoms with Gasteiger partial charge in [-0.05, 0) is 112 Å². The lowest BCUT2D eigenvalue weighted by Gasteiger charge is -2.50. The third kappa shape index (κ3) is 7.97. The number of pyridine rings is 3. The monoisotopic (exact) mass is 776 g/mol. The Bertz CT molecular complexity index is 2210. The van der Waals surface area contributed by atoms with Gasteiger partial charge in [0.15, 0.2) is 0 Å². The molecule has 14 heteroatoms. The van der Waals surface area contributed by atoms with E-state index >= 15 is 0 Å². The molecule has 2 N–H and O–H groups in total. The Kier molecular flexibility index (Phi) is 11.0. The molecule has 0 saturated carbocycles. The van der Waals surface area contributed by atoms with E-state index in [2.05, 4.69) is 41.4 Å². The lowest BCUT2D eigenvalue weighted by atomic mass is 9.72. The van der Waals surface area contributed by atoms with Crippen molar-refractivity contribution in [2.75, 3.05) is 58.4 Å². The van der Waals surface area contributed by atoms with Gasteiger partial charge < -0.3 is 29.2 Å². The zero-order valence-corrected chi connectivity index (χ0v) is 33.1. The molecular weight excluding hydrogens is 725 g/mol. The Morgan fingerprint density at radius 1 is 0.912 bits per heavy atom. The predicted octanol–water partition coefficient (Wildman–Crippen LogP) is 3.89. The van der Waals surface area contributed by atoms with E-state index in [0.29, 0.717) is 17.8 Å². The van der Waals surface area contributed by atoms with Crippen molar-refractivity contribution in [3.63, 3.8) is 0 Å². The molecule has 0 radical (unpaired) electrons. The summed E-state index contributed by atoms with van der Waals surface area (Å²) < 4.78 is 13.5. The van der Waals surface area contributed by atoms with E-state index < -0.39 is 17.9 Å². The van der Waals surface area contributed by atoms with Crippen LogP contribution in [0.1, 0.15) is 67.4 Å². The number of benzene rings is 1. The molecule has 57 heavy (non-hydrogen) atoms. The number of carbonyl (C=O) groups is 3. The number of aryl methyl sites for hydroxylation is 1. The molecule has 1 spiro atoms. The van der Waals surface area contributed by atoms with Crippen LogP contribution in [-0.4, -0.2) is 108 Å². The fraction of sp³-hybridized carbons (Fsp3) is 0.488. The quantitative estimate of drug-likeness (QED) is 0.239. The minimum Gasteiger partial charge on any atom is -0.496 e. The summed E-state index contributed by atoms with van der Waals surface area (Å²) in [7, 11) is 5.15. The number of anilines is 1. The van der Waals surface area contributed by atoms with Crippen LogP contribution in [0.25, 0.3) is 21.9 Å². The van der Waals surface area contributed by atoms with Crippen LogP contribution in [-0.2, 0) is 23.2 Å². The fourth-order valence-electron chi connectivity index (χ4n) is 9.48. The van der Waals surface area contributed by atoms with Crippen LogP contribution in [0.4, 0.5) is 5.69 Å². The molecule has 4 aliphatic heterocycles. The van der Waals surface area contributed by atoms with E-state index in [0.717, 1.165) is 104 Å². The molecule has 1 unspecified atom stereocenters. The minimum absolute atomic E-state index is 0.0885. The van der Waals surface area contributed by atoms with Crippen molar-refractivity contribution in [3.05, 3.63) is 76.7 Å². The fourth-order valence-corrected chi connectivity index (χ4v) is 9.48. The van der Waals surface area contributed by atoms with Crippen LogP contribution in [0.2, 0.25) is 0 Å². The van der Waals surface area contributed by atoms with Gasteiger partial charge in [-0.15, -0.1) is 0 Å². The Morgan fingerprint density at radius 2 is 1.70 bits per heavy atom. The largest absolute Gasteiger partial charge is 0.496 e. The summed E-state index contributed by atoms with van der Waals surface area (Å²) in [5, 5.41) is 6.38. The van der Waals surface area contributed by atoms with Crippen LogP contribution >= 0.6 is 0 Å². The number of carbonyl (C=O) groups excluding carboxylic acids is 3. The highest BCUT2D eigenvalue weighted by Crippen LogP contribution is 2.43. The molecule has 1 aromatic carbocycles. The number of methoxy groups -OCH3 is 2. The molecule has 14 nitrogen and oxygen atoms in total. The number of rotatable bonds is 9. The third-order valence-corrected chi connectivity index (χ3v) is 12.8. The maximum absolute atomic E-state index is 12.8. The van der Waals surface area contributed by atoms with Crippen molar-refractivity contribution in [1.29, 1.82) is 0 Å². The minimum atomic E-state index is -0.726. The molecule has 300 valence electrons. The zero-order valence-electron chi connectivity index (χ0n) is 33.1. The van der Waals surface area contributed by atoms with Gasteiger partial charge in [0, 0.05) is 74.4 Å². The van der Waals surface area contributed by atoms with Gasteiger partial charge in [0.2, 0.25) is 11.8 Å². The number of amides is 3. The summed E-state index contributed by atoms with van der Waals surface area (Å²) >= 11 is 0. The van der Waals surface area contributed by atoms with Crippen LogP contribution in [0, 0.1) is 5.41 Å². The van der Waals surface area contributed by atoms with E-state index in [1.165, 1.54) is 19.3 Å². The molecule has 0 aliphatic carbocycles. The molecule has 1 atom stereocenters. The second-order valence-corrected chi connectivity index (χ2v) is 16.2. The normalized spacial score (nSPS) is 20.8. The van der Waals surface area contributed by atoms with Gasteiger partial charge in [0.1, 0.15) is 23.2 Å². The van der Waals surface area contributed by atoms with Crippen LogP contribution in [0.15, 0.2) is 59.9 Å². The average Bonchev–Trinajstić information content (AvgIpc) is 3.24. The number of fused-ring (bicyclic) bond motifs is 1. The van der Waals surface area contributed by atoms with E-state index in [9.17, 15) is 19.2 Å². The summed E-state index contributed by atoms with van der Waals surface area (Å²) in [6, 6.07) is 9.53. The number of piperidine rings is 4. The SMILES string of the molecule is COc1cc(-c2cn(C)c(=O)c3cnccc23)c(OC)cc1CN1CCC(N2CCC3(CCCN(c4ccc(C(=O)NC5CCC(=O)NC5=O)nc4)C3)CC2)CC1. The first-order valence-corrected chi connectivity index (χ1v) is 20.1. The molecule has 8 rings (SSSR count). The molecular formula is C43H52N8O6. The second-order valence-electron chi connectivity index (χ2n) is 16.2. The van der Waals surface area contributed by atoms with Gasteiger partial charge >= 0.3 is 0 Å². The van der Waals surface area contributed by atoms with Crippen molar-refractivity contribution in [2.24, 2.45) is 12.5 Å². The smallest absolute Gasteiger partial charge is 0.270 e. The number of nitrogens with one attached hydrogen (secondary N) is 2. The molecule has 4 fully saturated rings. The zero-order chi connectivity index (χ0) is 39.7. The molecule has 4 saturated heterocycles. The van der Waals surface area contributed by atoms with Crippen molar-refractivity contribution in [3.8, 4) is 22.6 Å². The van der Waals surface area contributed by atoms with Gasteiger partial charge in [-0.1, -0.05) is 0 Å². The summed E-state index contributed by atoms with van der Waals surface area (Å²) in [5.74, 6) is 0.341. The predicted molar refractivity (Wildman–Crippen MR) is 216 cm³/mol. The summed E-state index contributed by atoms with van der Waals surface area (Å²) in [5.41, 5.74) is 4.30. The van der Waals surface area contributed by atoms with Crippen molar-refractivity contribution >= 4 is 34.2 Å². The van der Waals surface area contributed by atoms with Crippen LogP contribution < -0.4 is 30.6 Å². The summed E-state index contributed by atoms with van der Waals surface area (Å²) in [6.07, 6.45) is 14.4. The molecule has 4 aromatic rings. The first-order chi connectivity index (χ1) is 27.6. The number of hydrogen-bond acceptors (Lipinski definition) is 11. The van der Waals surface area contributed by atoms with Gasteiger partial charge in [-0.2, -0.15) is 0 Å². The maximum Gasteiger partial charge on any atom is 0.270 e. The van der Waals surface area contributed by atoms with Crippen molar-refractivity contribution in [2.45, 2.75) is 70.0 Å². The molecule has 4 aliphatic rings. The molecule has 3 aromatic heterocycles. The Morgan fingerprint density at radius 3 is 2.42 bits per heavy atom. The molecule has 3 amide bonds. The first-order valence-electron chi connectivity index (χ1n) is 20.1. The number of likely N-dealkylation sites (tertiary alicyclic amines) is 2. The van der Waals surface area contributed by atoms with Gasteiger partial charge in [0.25, 0.3) is 11.5 Å². The van der Waals surface area contributed by atoms with E-state index in [1.807, 2.05) is 24.4 Å². The first kappa shape index (κ1) is 38.5. The second kappa shape index (κ2) is 16.3. The van der Waals surface area contributed by atoms with Gasteiger partial charge in [-0.3, -0.25) is 34.4 Å². The van der Waals surface area contributed by atoms with E-state index in [-0.39, 0.29) is 29.0 Å². The van der Waals surface area contributed by atoms with E-state index in [1.54, 1.807) is 50.5 Å². The van der Waals surface area contributed by atoms with E-state index in [4.69, 9.17) is 9.47 Å². The highest BCUT2D eigenvalue weighted by molar-refractivity contribution is 6.03. The molecule has 7 heterocycles. The lowest BCUT2D eigenvalue weighted by Crippen LogP contribution is -2.53.